The molecule has 0 radical (unpaired) electrons. The van der Waals surface area contributed by atoms with E-state index in [1.54, 1.807) is 0 Å². The third-order valence-electron chi connectivity index (χ3n) is 9.98. The molecule has 0 unspecified atom stereocenters. The Labute approximate surface area is 278 Å². The van der Waals surface area contributed by atoms with Crippen LogP contribution in [0, 0.1) is 0 Å². The van der Waals surface area contributed by atoms with Gasteiger partial charge < -0.3 is 0 Å². The maximum absolute atomic E-state index is 5.50. The minimum absolute atomic E-state index is 0.677. The summed E-state index contributed by atoms with van der Waals surface area (Å²) >= 11 is 1.87. The molecule has 0 N–H and O–H groups in total. The molecule has 0 saturated carbocycles. The van der Waals surface area contributed by atoms with E-state index in [0.29, 0.717) is 5.95 Å². The standard InChI is InChI=1S/C44H25N3S/c1-3-13-29-26(10-1)12-9-17-33(29)42-35-23-20-27-11-2-4-14-30(27)41(35)45-44(46-42)47-38-18-7-5-15-31(38)37-24-28-21-22-34-32-16-6-8-19-40(32)48-43(34)36(28)25-39(37)47/h1-25H. The molecule has 11 rings (SSSR count). The summed E-state index contributed by atoms with van der Waals surface area (Å²) in [5, 5.41) is 13.2. The summed E-state index contributed by atoms with van der Waals surface area (Å²) in [6, 6.07) is 54.7. The molecule has 3 aromatic heterocycles. The lowest BCUT2D eigenvalue weighted by molar-refractivity contribution is 1.02. The van der Waals surface area contributed by atoms with Gasteiger partial charge in [0.05, 0.1) is 22.2 Å². The van der Waals surface area contributed by atoms with E-state index >= 15 is 0 Å². The van der Waals surface area contributed by atoms with Crippen molar-refractivity contribution in [1.29, 1.82) is 0 Å². The molecule has 3 nitrogen and oxygen atoms in total. The van der Waals surface area contributed by atoms with Gasteiger partial charge in [0.15, 0.2) is 0 Å². The third kappa shape index (κ3) is 3.58. The molecule has 0 aliphatic carbocycles. The van der Waals surface area contributed by atoms with Crippen LogP contribution in [-0.4, -0.2) is 14.5 Å². The van der Waals surface area contributed by atoms with Crippen LogP contribution in [0.25, 0.3) is 102 Å². The van der Waals surface area contributed by atoms with Crippen molar-refractivity contribution in [2.45, 2.75) is 0 Å². The Kier molecular flexibility index (Phi) is 5.26. The summed E-state index contributed by atoms with van der Waals surface area (Å²) in [6.07, 6.45) is 0. The molecular weight excluding hydrogens is 603 g/mol. The molecule has 0 atom stereocenters. The molecule has 11 aromatic rings. The van der Waals surface area contributed by atoms with Crippen molar-refractivity contribution in [2.24, 2.45) is 0 Å². The monoisotopic (exact) mass is 627 g/mol. The largest absolute Gasteiger partial charge is 0.278 e. The molecule has 0 fully saturated rings. The molecule has 48 heavy (non-hydrogen) atoms. The number of hydrogen-bond acceptors (Lipinski definition) is 3. The lowest BCUT2D eigenvalue weighted by Crippen LogP contribution is -2.04. The summed E-state index contributed by atoms with van der Waals surface area (Å²) in [7, 11) is 0. The second-order valence-electron chi connectivity index (χ2n) is 12.6. The van der Waals surface area contributed by atoms with Gasteiger partial charge in [0, 0.05) is 52.7 Å². The molecule has 0 bridgehead atoms. The first-order valence-corrected chi connectivity index (χ1v) is 17.1. The minimum atomic E-state index is 0.677. The summed E-state index contributed by atoms with van der Waals surface area (Å²) in [6.45, 7) is 0. The van der Waals surface area contributed by atoms with E-state index in [9.17, 15) is 0 Å². The summed E-state index contributed by atoms with van der Waals surface area (Å²) in [5.41, 5.74) is 5.21. The van der Waals surface area contributed by atoms with E-state index in [4.69, 9.17) is 9.97 Å². The van der Waals surface area contributed by atoms with E-state index in [2.05, 4.69) is 156 Å². The van der Waals surface area contributed by atoms with Gasteiger partial charge in [-0.05, 0) is 51.9 Å². The summed E-state index contributed by atoms with van der Waals surface area (Å²) in [4.78, 5) is 10.9. The highest BCUT2D eigenvalue weighted by molar-refractivity contribution is 7.26. The highest BCUT2D eigenvalue weighted by atomic mass is 32.1. The molecule has 0 aliphatic heterocycles. The molecular formula is C44H25N3S. The lowest BCUT2D eigenvalue weighted by atomic mass is 9.98. The number of hydrogen-bond donors (Lipinski definition) is 0. The first kappa shape index (κ1) is 26.0. The topological polar surface area (TPSA) is 30.7 Å². The Hall–Kier alpha value is -6.10. The highest BCUT2D eigenvalue weighted by Gasteiger charge is 2.20. The fourth-order valence-electron chi connectivity index (χ4n) is 7.78. The number of aromatic nitrogens is 3. The van der Waals surface area contributed by atoms with Crippen molar-refractivity contribution in [3.05, 3.63) is 152 Å². The number of thiophene rings is 1. The number of para-hydroxylation sites is 1. The third-order valence-corrected chi connectivity index (χ3v) is 11.2. The minimum Gasteiger partial charge on any atom is -0.278 e. The predicted octanol–water partition coefficient (Wildman–Crippen LogP) is 12.2. The van der Waals surface area contributed by atoms with Gasteiger partial charge in [0.1, 0.15) is 0 Å². The second kappa shape index (κ2) is 9.71. The zero-order valence-electron chi connectivity index (χ0n) is 25.7. The highest BCUT2D eigenvalue weighted by Crippen LogP contribution is 2.42. The first-order chi connectivity index (χ1) is 23.8. The van der Waals surface area contributed by atoms with Crippen LogP contribution in [0.2, 0.25) is 0 Å². The number of benzene rings is 8. The normalized spacial score (nSPS) is 12.2. The van der Waals surface area contributed by atoms with E-state index in [-0.39, 0.29) is 0 Å². The fourth-order valence-corrected chi connectivity index (χ4v) is 9.00. The maximum Gasteiger partial charge on any atom is 0.235 e. The van der Waals surface area contributed by atoms with Crippen LogP contribution < -0.4 is 0 Å². The van der Waals surface area contributed by atoms with Crippen molar-refractivity contribution in [1.82, 2.24) is 14.5 Å². The van der Waals surface area contributed by atoms with Gasteiger partial charge in [-0.25, -0.2) is 9.97 Å². The Bertz CT molecular complexity index is 3120. The van der Waals surface area contributed by atoms with Crippen molar-refractivity contribution >= 4 is 96.5 Å². The number of rotatable bonds is 2. The molecule has 0 aliphatic rings. The van der Waals surface area contributed by atoms with Gasteiger partial charge in [0.25, 0.3) is 0 Å². The molecule has 0 spiro atoms. The number of fused-ring (bicyclic) bond motifs is 12. The lowest BCUT2D eigenvalue weighted by Gasteiger charge is -2.14. The predicted molar refractivity (Wildman–Crippen MR) is 205 cm³/mol. The Morgan fingerprint density at radius 3 is 2.00 bits per heavy atom. The Morgan fingerprint density at radius 2 is 1.10 bits per heavy atom. The van der Waals surface area contributed by atoms with Crippen LogP contribution in [0.3, 0.4) is 0 Å². The average molecular weight is 628 g/mol. The molecule has 0 saturated heterocycles. The first-order valence-electron chi connectivity index (χ1n) is 16.3. The maximum atomic E-state index is 5.50. The molecule has 3 heterocycles. The van der Waals surface area contributed by atoms with Crippen LogP contribution in [0.1, 0.15) is 0 Å². The van der Waals surface area contributed by atoms with Gasteiger partial charge in [-0.1, -0.05) is 121 Å². The quantitative estimate of drug-likeness (QED) is 0.179. The molecule has 222 valence electrons. The van der Waals surface area contributed by atoms with Gasteiger partial charge in [-0.3, -0.25) is 4.57 Å². The molecule has 8 aromatic carbocycles. The molecule has 4 heteroatoms. The summed E-state index contributed by atoms with van der Waals surface area (Å²) < 4.78 is 4.91. The van der Waals surface area contributed by atoms with E-state index in [1.807, 2.05) is 11.3 Å². The van der Waals surface area contributed by atoms with Gasteiger partial charge in [0.2, 0.25) is 5.95 Å². The average Bonchev–Trinajstić information content (AvgIpc) is 3.69. The van der Waals surface area contributed by atoms with Crippen LogP contribution >= 0.6 is 11.3 Å². The second-order valence-corrected chi connectivity index (χ2v) is 13.6. The fraction of sp³-hybridized carbons (Fsp3) is 0. The van der Waals surface area contributed by atoms with Crippen LogP contribution in [-0.2, 0) is 0 Å². The Morgan fingerprint density at radius 1 is 0.417 bits per heavy atom. The van der Waals surface area contributed by atoms with Crippen molar-refractivity contribution in [2.75, 3.05) is 0 Å². The van der Waals surface area contributed by atoms with Crippen molar-refractivity contribution in [3.63, 3.8) is 0 Å². The van der Waals surface area contributed by atoms with Gasteiger partial charge >= 0.3 is 0 Å². The summed E-state index contributed by atoms with van der Waals surface area (Å²) in [5.74, 6) is 0.677. The zero-order valence-corrected chi connectivity index (χ0v) is 26.5. The van der Waals surface area contributed by atoms with Gasteiger partial charge in [-0.15, -0.1) is 11.3 Å². The smallest absolute Gasteiger partial charge is 0.235 e. The van der Waals surface area contributed by atoms with Gasteiger partial charge in [-0.2, -0.15) is 0 Å². The van der Waals surface area contributed by atoms with E-state index in [1.165, 1.54) is 57.9 Å². The van der Waals surface area contributed by atoms with Crippen LogP contribution in [0.4, 0.5) is 0 Å². The van der Waals surface area contributed by atoms with Crippen molar-refractivity contribution in [3.8, 4) is 17.2 Å². The van der Waals surface area contributed by atoms with E-state index < -0.39 is 0 Å². The zero-order chi connectivity index (χ0) is 31.3. The SMILES string of the molecule is c1ccc2c(-c3nc(-n4c5ccccc5c5cc6ccc7c8ccccc8sc7c6cc54)nc4c3ccc3ccccc34)cccc2c1. The number of nitrogens with zero attached hydrogens (tertiary/aromatic N) is 3. The van der Waals surface area contributed by atoms with Crippen LogP contribution in [0.5, 0.6) is 0 Å². The van der Waals surface area contributed by atoms with Crippen LogP contribution in [0.15, 0.2) is 152 Å². The molecule has 0 amide bonds. The van der Waals surface area contributed by atoms with Crippen molar-refractivity contribution < 1.29 is 0 Å². The van der Waals surface area contributed by atoms with E-state index in [0.717, 1.165) is 38.6 Å². The Balaban J connectivity index is 1.31.